The minimum absolute atomic E-state index is 0.0719. The summed E-state index contributed by atoms with van der Waals surface area (Å²) in [5, 5.41) is 9.30. The Balaban J connectivity index is 1.75. The molecule has 3 rings (SSSR count). The predicted molar refractivity (Wildman–Crippen MR) is 66.5 cm³/mol. The summed E-state index contributed by atoms with van der Waals surface area (Å²) in [5.41, 5.74) is 0. The summed E-state index contributed by atoms with van der Waals surface area (Å²) in [6.07, 6.45) is 2.78. The molecular weight excluding hydrogens is 248 g/mol. The van der Waals surface area contributed by atoms with Crippen molar-refractivity contribution in [3.05, 3.63) is 12.2 Å². The minimum Gasteiger partial charge on any atom is -0.481 e. The van der Waals surface area contributed by atoms with Gasteiger partial charge in [0, 0.05) is 26.2 Å². The molecule has 3 heterocycles. The summed E-state index contributed by atoms with van der Waals surface area (Å²) in [6, 6.07) is 0. The van der Waals surface area contributed by atoms with Gasteiger partial charge >= 0.3 is 5.97 Å². The Labute approximate surface area is 111 Å². The van der Waals surface area contributed by atoms with Gasteiger partial charge < -0.3 is 19.6 Å². The number of likely N-dealkylation sites (N-methyl/N-ethyl adjacent to an activating group) is 1. The lowest BCUT2D eigenvalue weighted by atomic mass is 9.82. The zero-order valence-corrected chi connectivity index (χ0v) is 10.9. The third-order valence-corrected chi connectivity index (χ3v) is 4.28. The lowest BCUT2D eigenvalue weighted by molar-refractivity contribution is -0.150. The molecule has 3 aliphatic heterocycles. The molecule has 3 aliphatic rings. The SMILES string of the molecule is CN1CCN(C(=O)[C@@H]2[C@@H](C(=O)O)[C@@H]3C=C[C@@H]2O3)CC1. The highest BCUT2D eigenvalue weighted by Crippen LogP contribution is 2.40. The van der Waals surface area contributed by atoms with Gasteiger partial charge in [0.1, 0.15) is 5.92 Å². The number of amides is 1. The van der Waals surface area contributed by atoms with Crippen LogP contribution >= 0.6 is 0 Å². The second-order valence-electron chi connectivity index (χ2n) is 5.47. The lowest BCUT2D eigenvalue weighted by Crippen LogP contribution is -2.52. The number of carbonyl (C=O) groups is 2. The number of ether oxygens (including phenoxy) is 1. The Kier molecular flexibility index (Phi) is 3.06. The van der Waals surface area contributed by atoms with Gasteiger partial charge in [-0.25, -0.2) is 0 Å². The zero-order chi connectivity index (χ0) is 13.6. The lowest BCUT2D eigenvalue weighted by Gasteiger charge is -2.35. The van der Waals surface area contributed by atoms with Crippen LogP contribution in [0, 0.1) is 11.8 Å². The van der Waals surface area contributed by atoms with E-state index in [1.807, 2.05) is 13.1 Å². The van der Waals surface area contributed by atoms with Crippen molar-refractivity contribution in [3.8, 4) is 0 Å². The highest BCUT2D eigenvalue weighted by atomic mass is 16.5. The summed E-state index contributed by atoms with van der Waals surface area (Å²) in [6.45, 7) is 3.00. The first kappa shape index (κ1) is 12.6. The van der Waals surface area contributed by atoms with Gasteiger partial charge in [0.15, 0.2) is 0 Å². The van der Waals surface area contributed by atoms with Gasteiger partial charge in [-0.05, 0) is 7.05 Å². The summed E-state index contributed by atoms with van der Waals surface area (Å²) in [5.74, 6) is -2.31. The van der Waals surface area contributed by atoms with Gasteiger partial charge in [0.2, 0.25) is 5.91 Å². The monoisotopic (exact) mass is 266 g/mol. The van der Waals surface area contributed by atoms with Crippen LogP contribution in [0.15, 0.2) is 12.2 Å². The summed E-state index contributed by atoms with van der Waals surface area (Å²) in [4.78, 5) is 27.8. The molecular formula is C13H18N2O4. The predicted octanol–water partition coefficient (Wildman–Crippen LogP) is -0.585. The number of aliphatic carboxylic acids is 1. The van der Waals surface area contributed by atoms with Gasteiger partial charge in [-0.15, -0.1) is 0 Å². The molecule has 0 unspecified atom stereocenters. The fraction of sp³-hybridized carbons (Fsp3) is 0.692. The molecule has 2 fully saturated rings. The number of piperazine rings is 1. The summed E-state index contributed by atoms with van der Waals surface area (Å²) >= 11 is 0. The second-order valence-corrected chi connectivity index (χ2v) is 5.47. The van der Waals surface area contributed by atoms with Crippen LogP contribution in [0.2, 0.25) is 0 Å². The van der Waals surface area contributed by atoms with E-state index >= 15 is 0 Å². The van der Waals surface area contributed by atoms with E-state index in [2.05, 4.69) is 4.90 Å². The van der Waals surface area contributed by atoms with Crippen molar-refractivity contribution in [3.63, 3.8) is 0 Å². The number of hydrogen-bond acceptors (Lipinski definition) is 4. The maximum absolute atomic E-state index is 12.5. The number of fused-ring (bicyclic) bond motifs is 2. The van der Waals surface area contributed by atoms with Crippen molar-refractivity contribution in [1.82, 2.24) is 9.80 Å². The highest BCUT2D eigenvalue weighted by molar-refractivity contribution is 5.87. The van der Waals surface area contributed by atoms with Crippen LogP contribution in [-0.4, -0.2) is 72.2 Å². The minimum atomic E-state index is -0.940. The van der Waals surface area contributed by atoms with Crippen LogP contribution in [0.4, 0.5) is 0 Å². The van der Waals surface area contributed by atoms with E-state index in [1.54, 1.807) is 11.0 Å². The molecule has 0 aliphatic carbocycles. The smallest absolute Gasteiger partial charge is 0.310 e. The van der Waals surface area contributed by atoms with Gasteiger partial charge in [0.05, 0.1) is 18.1 Å². The van der Waals surface area contributed by atoms with Crippen molar-refractivity contribution in [2.45, 2.75) is 12.2 Å². The zero-order valence-electron chi connectivity index (χ0n) is 10.9. The molecule has 4 atom stereocenters. The number of carbonyl (C=O) groups excluding carboxylic acids is 1. The van der Waals surface area contributed by atoms with Gasteiger partial charge in [0.25, 0.3) is 0 Å². The average molecular weight is 266 g/mol. The van der Waals surface area contributed by atoms with Crippen molar-refractivity contribution >= 4 is 11.9 Å². The Morgan fingerprint density at radius 3 is 2.26 bits per heavy atom. The van der Waals surface area contributed by atoms with Crippen molar-refractivity contribution < 1.29 is 19.4 Å². The van der Waals surface area contributed by atoms with Crippen LogP contribution in [0.3, 0.4) is 0 Å². The summed E-state index contributed by atoms with van der Waals surface area (Å²) < 4.78 is 5.54. The average Bonchev–Trinajstić information content (AvgIpc) is 2.98. The molecule has 6 nitrogen and oxygen atoms in total. The molecule has 2 bridgehead atoms. The Morgan fingerprint density at radius 2 is 1.68 bits per heavy atom. The van der Waals surface area contributed by atoms with Crippen LogP contribution in [0.25, 0.3) is 0 Å². The Morgan fingerprint density at radius 1 is 1.11 bits per heavy atom. The van der Waals surface area contributed by atoms with Crippen molar-refractivity contribution in [2.24, 2.45) is 11.8 Å². The van der Waals surface area contributed by atoms with Crippen LogP contribution < -0.4 is 0 Å². The first-order chi connectivity index (χ1) is 9.08. The first-order valence-electron chi connectivity index (χ1n) is 6.62. The first-order valence-corrected chi connectivity index (χ1v) is 6.62. The molecule has 0 radical (unpaired) electrons. The summed E-state index contributed by atoms with van der Waals surface area (Å²) in [7, 11) is 2.02. The van der Waals surface area contributed by atoms with E-state index in [4.69, 9.17) is 4.74 Å². The number of hydrogen-bond donors (Lipinski definition) is 1. The fourth-order valence-corrected chi connectivity index (χ4v) is 3.13. The van der Waals surface area contributed by atoms with E-state index in [-0.39, 0.29) is 12.0 Å². The number of rotatable bonds is 2. The molecule has 1 amide bonds. The van der Waals surface area contributed by atoms with E-state index < -0.39 is 23.9 Å². The van der Waals surface area contributed by atoms with E-state index in [1.165, 1.54) is 0 Å². The number of nitrogens with zero attached hydrogens (tertiary/aromatic N) is 2. The molecule has 2 saturated heterocycles. The van der Waals surface area contributed by atoms with Crippen LogP contribution in [-0.2, 0) is 14.3 Å². The van der Waals surface area contributed by atoms with Crippen molar-refractivity contribution in [2.75, 3.05) is 33.2 Å². The normalized spacial score (nSPS) is 37.8. The second kappa shape index (κ2) is 4.61. The maximum Gasteiger partial charge on any atom is 0.310 e. The Hall–Kier alpha value is -1.40. The third-order valence-electron chi connectivity index (χ3n) is 4.28. The van der Waals surface area contributed by atoms with E-state index in [9.17, 15) is 14.7 Å². The largest absolute Gasteiger partial charge is 0.481 e. The highest BCUT2D eigenvalue weighted by Gasteiger charge is 2.54. The van der Waals surface area contributed by atoms with Crippen LogP contribution in [0.1, 0.15) is 0 Å². The fourth-order valence-electron chi connectivity index (χ4n) is 3.13. The molecule has 19 heavy (non-hydrogen) atoms. The molecule has 0 aromatic rings. The number of carboxylic acids is 1. The molecule has 6 heteroatoms. The quantitative estimate of drug-likeness (QED) is 0.677. The molecule has 0 aromatic carbocycles. The topological polar surface area (TPSA) is 70.1 Å². The molecule has 0 spiro atoms. The number of carboxylic acid groups (broad SMARTS) is 1. The van der Waals surface area contributed by atoms with Gasteiger partial charge in [-0.1, -0.05) is 12.2 Å². The molecule has 104 valence electrons. The van der Waals surface area contributed by atoms with Gasteiger partial charge in [-0.2, -0.15) is 0 Å². The standard InChI is InChI=1S/C13H18N2O4/c1-14-4-6-15(7-5-14)12(16)10-8-2-3-9(19-8)11(10)13(17)18/h2-3,8-11H,4-7H2,1H3,(H,17,18)/t8-,9-,10-,11-/m0/s1. The molecule has 0 aromatic heterocycles. The maximum atomic E-state index is 12.5. The van der Waals surface area contributed by atoms with E-state index in [0.717, 1.165) is 13.1 Å². The van der Waals surface area contributed by atoms with Gasteiger partial charge in [-0.3, -0.25) is 9.59 Å². The molecule has 0 saturated carbocycles. The molecule has 1 N–H and O–H groups in total. The van der Waals surface area contributed by atoms with Crippen LogP contribution in [0.5, 0.6) is 0 Å². The third kappa shape index (κ3) is 2.04. The van der Waals surface area contributed by atoms with Crippen molar-refractivity contribution in [1.29, 1.82) is 0 Å². The van der Waals surface area contributed by atoms with E-state index in [0.29, 0.717) is 13.1 Å². The Bertz CT molecular complexity index is 428.